The number of hydrogen-bond acceptors (Lipinski definition) is 6. The molecule has 1 aliphatic heterocycles. The first-order valence-electron chi connectivity index (χ1n) is 9.44. The quantitative estimate of drug-likeness (QED) is 0.696. The minimum atomic E-state index is -0.344. The van der Waals surface area contributed by atoms with E-state index >= 15 is 0 Å². The molecule has 2 amide bonds. The Labute approximate surface area is 169 Å². The Morgan fingerprint density at radius 3 is 2.64 bits per heavy atom. The summed E-state index contributed by atoms with van der Waals surface area (Å²) in [5.74, 6) is 1.52. The molecule has 1 atom stereocenters. The zero-order valence-electron chi connectivity index (χ0n) is 16.2. The van der Waals surface area contributed by atoms with Gasteiger partial charge in [-0.25, -0.2) is 4.98 Å². The lowest BCUT2D eigenvalue weighted by atomic mass is 10.1. The van der Waals surface area contributed by atoms with Gasteiger partial charge >= 0.3 is 0 Å². The number of aromatic nitrogens is 1. The Balaban J connectivity index is 1.46. The maximum absolute atomic E-state index is 11.6. The molecule has 0 aliphatic carbocycles. The average molecular weight is 400 g/mol. The van der Waals surface area contributed by atoms with Crippen LogP contribution in [0.5, 0.6) is 5.75 Å². The predicted octanol–water partition coefficient (Wildman–Crippen LogP) is 3.44. The van der Waals surface area contributed by atoms with Crippen LogP contribution >= 0.6 is 11.8 Å². The summed E-state index contributed by atoms with van der Waals surface area (Å²) in [4.78, 5) is 29.4. The molecular weight excluding hydrogens is 374 g/mol. The molecule has 28 heavy (non-hydrogen) atoms. The van der Waals surface area contributed by atoms with E-state index in [4.69, 9.17) is 4.74 Å². The number of thioether (sulfide) groups is 1. The Morgan fingerprint density at radius 1 is 1.18 bits per heavy atom. The molecule has 0 bridgehead atoms. The molecule has 2 aromatic rings. The summed E-state index contributed by atoms with van der Waals surface area (Å²) in [6.07, 6.45) is 4.56. The van der Waals surface area contributed by atoms with Crippen molar-refractivity contribution < 1.29 is 14.3 Å². The molecule has 7 heteroatoms. The molecule has 1 aromatic carbocycles. The van der Waals surface area contributed by atoms with E-state index < -0.39 is 0 Å². The van der Waals surface area contributed by atoms with Gasteiger partial charge in [0.2, 0.25) is 5.91 Å². The number of carbonyl (C=O) groups is 2. The van der Waals surface area contributed by atoms with Crippen molar-refractivity contribution >= 4 is 28.7 Å². The van der Waals surface area contributed by atoms with Crippen molar-refractivity contribution in [1.29, 1.82) is 0 Å². The summed E-state index contributed by atoms with van der Waals surface area (Å²) in [6, 6.07) is 11.9. The van der Waals surface area contributed by atoms with E-state index in [1.54, 1.807) is 0 Å². The van der Waals surface area contributed by atoms with E-state index in [9.17, 15) is 9.59 Å². The van der Waals surface area contributed by atoms with Crippen molar-refractivity contribution in [3.05, 3.63) is 53.7 Å². The molecule has 6 nitrogen and oxygen atoms in total. The lowest BCUT2D eigenvalue weighted by Gasteiger charge is -2.19. The topological polar surface area (TPSA) is 71.5 Å². The summed E-state index contributed by atoms with van der Waals surface area (Å²) >= 11 is 1.05. The molecule has 3 rings (SSSR count). The molecule has 1 aromatic heterocycles. The summed E-state index contributed by atoms with van der Waals surface area (Å²) in [5.41, 5.74) is 2.30. The first kappa shape index (κ1) is 20.2. The number of rotatable bonds is 9. The average Bonchev–Trinajstić information content (AvgIpc) is 3.00. The molecule has 1 aliphatic rings. The van der Waals surface area contributed by atoms with E-state index in [0.29, 0.717) is 13.0 Å². The fourth-order valence-electron chi connectivity index (χ4n) is 2.99. The van der Waals surface area contributed by atoms with Gasteiger partial charge in [-0.2, -0.15) is 0 Å². The zero-order valence-corrected chi connectivity index (χ0v) is 17.0. The second kappa shape index (κ2) is 9.59. The Kier molecular flexibility index (Phi) is 6.92. The number of ether oxygens (including phenoxy) is 1. The number of hydrogen-bond donors (Lipinski definition) is 1. The maximum atomic E-state index is 11.6. The van der Waals surface area contributed by atoms with Gasteiger partial charge < -0.3 is 9.64 Å². The van der Waals surface area contributed by atoms with Crippen molar-refractivity contribution in [2.45, 2.75) is 31.4 Å². The highest BCUT2D eigenvalue weighted by Gasteiger charge is 2.31. The second-order valence-corrected chi connectivity index (χ2v) is 7.95. The van der Waals surface area contributed by atoms with Crippen LogP contribution < -0.4 is 15.0 Å². The van der Waals surface area contributed by atoms with Gasteiger partial charge in [-0.05, 0) is 48.2 Å². The normalized spacial score (nSPS) is 16.1. The fraction of sp³-hybridized carbons (Fsp3) is 0.381. The number of nitrogens with zero attached hydrogens (tertiary/aromatic N) is 2. The molecule has 0 radical (unpaired) electrons. The van der Waals surface area contributed by atoms with Gasteiger partial charge in [-0.3, -0.25) is 14.9 Å². The smallest absolute Gasteiger partial charge is 0.286 e. The molecule has 1 unspecified atom stereocenters. The number of aryl methyl sites for hydroxylation is 1. The van der Waals surface area contributed by atoms with Crippen LogP contribution in [0, 0.1) is 0 Å². The van der Waals surface area contributed by atoms with Crippen molar-refractivity contribution in [3.63, 3.8) is 0 Å². The zero-order chi connectivity index (χ0) is 19.9. The van der Waals surface area contributed by atoms with Crippen LogP contribution in [0.2, 0.25) is 0 Å². The maximum Gasteiger partial charge on any atom is 0.286 e. The molecule has 0 spiro atoms. The van der Waals surface area contributed by atoms with Crippen molar-refractivity contribution in [2.24, 2.45) is 0 Å². The van der Waals surface area contributed by atoms with Gasteiger partial charge in [0.1, 0.15) is 18.2 Å². The molecule has 2 heterocycles. The van der Waals surface area contributed by atoms with E-state index in [2.05, 4.69) is 34.3 Å². The van der Waals surface area contributed by atoms with E-state index in [1.165, 1.54) is 5.56 Å². The monoisotopic (exact) mass is 399 g/mol. The minimum absolute atomic E-state index is 0.213. The van der Waals surface area contributed by atoms with Crippen LogP contribution in [0.15, 0.2) is 42.6 Å². The van der Waals surface area contributed by atoms with Gasteiger partial charge in [0, 0.05) is 13.2 Å². The number of pyridine rings is 1. The van der Waals surface area contributed by atoms with Crippen molar-refractivity contribution in [3.8, 4) is 5.75 Å². The van der Waals surface area contributed by atoms with Crippen LogP contribution in [-0.2, 0) is 17.6 Å². The lowest BCUT2D eigenvalue weighted by molar-refractivity contribution is -0.118. The number of benzene rings is 1. The highest BCUT2D eigenvalue weighted by atomic mass is 32.2. The van der Waals surface area contributed by atoms with E-state index in [-0.39, 0.29) is 16.4 Å². The summed E-state index contributed by atoms with van der Waals surface area (Å²) in [5, 5.41) is 1.70. The third kappa shape index (κ3) is 5.48. The predicted molar refractivity (Wildman–Crippen MR) is 112 cm³/mol. The molecule has 0 saturated carbocycles. The summed E-state index contributed by atoms with van der Waals surface area (Å²) in [7, 11) is 2.01. The third-order valence-corrected chi connectivity index (χ3v) is 5.53. The van der Waals surface area contributed by atoms with Gasteiger partial charge in [0.25, 0.3) is 5.24 Å². The highest BCUT2D eigenvalue weighted by Crippen LogP contribution is 2.24. The summed E-state index contributed by atoms with van der Waals surface area (Å²) < 4.78 is 5.83. The number of imide groups is 1. The third-order valence-electron chi connectivity index (χ3n) is 4.55. The highest BCUT2D eigenvalue weighted by molar-refractivity contribution is 8.15. The van der Waals surface area contributed by atoms with Gasteiger partial charge in [-0.15, -0.1) is 0 Å². The Bertz CT molecular complexity index is 826. The lowest BCUT2D eigenvalue weighted by Crippen LogP contribution is -2.25. The standard InChI is InChI=1S/C21H25N3O3S/c1-3-4-15-9-10-22-19(14-15)24(2)11-12-27-17-7-5-16(6-8-17)13-18-20(25)23-21(26)28-18/h5-10,14,18H,3-4,11-13H2,1-2H3,(H,23,25,26). The molecule has 1 saturated heterocycles. The van der Waals surface area contributed by atoms with E-state index in [1.807, 2.05) is 37.5 Å². The Hall–Kier alpha value is -2.54. The molecular formula is C21H25N3O3S. The largest absolute Gasteiger partial charge is 0.492 e. The van der Waals surface area contributed by atoms with Gasteiger partial charge in [0.05, 0.1) is 11.8 Å². The number of carbonyl (C=O) groups excluding carboxylic acids is 2. The van der Waals surface area contributed by atoms with Crippen molar-refractivity contribution in [2.75, 3.05) is 25.1 Å². The minimum Gasteiger partial charge on any atom is -0.492 e. The number of nitrogens with one attached hydrogen (secondary N) is 1. The van der Waals surface area contributed by atoms with Gasteiger partial charge in [-0.1, -0.05) is 37.2 Å². The van der Waals surface area contributed by atoms with Crippen LogP contribution in [0.25, 0.3) is 0 Å². The van der Waals surface area contributed by atoms with Crippen LogP contribution in [0.1, 0.15) is 24.5 Å². The van der Waals surface area contributed by atoms with E-state index in [0.717, 1.165) is 48.3 Å². The van der Waals surface area contributed by atoms with Crippen LogP contribution in [0.4, 0.5) is 10.6 Å². The number of anilines is 1. The second-order valence-electron chi connectivity index (χ2n) is 6.77. The summed E-state index contributed by atoms with van der Waals surface area (Å²) in [6.45, 7) is 3.44. The molecule has 1 N–H and O–H groups in total. The SMILES string of the molecule is CCCc1ccnc(N(C)CCOc2ccc(CC3SC(=O)NC3=O)cc2)c1. The molecule has 1 fully saturated rings. The number of likely N-dealkylation sites (N-methyl/N-ethyl adjacent to an activating group) is 1. The Morgan fingerprint density at radius 2 is 1.96 bits per heavy atom. The van der Waals surface area contributed by atoms with Crippen LogP contribution in [-0.4, -0.2) is 41.6 Å². The first-order chi connectivity index (χ1) is 13.5. The van der Waals surface area contributed by atoms with Crippen molar-refractivity contribution in [1.82, 2.24) is 10.3 Å². The molecule has 148 valence electrons. The van der Waals surface area contributed by atoms with Crippen LogP contribution in [0.3, 0.4) is 0 Å². The number of amides is 2. The van der Waals surface area contributed by atoms with Gasteiger partial charge in [0.15, 0.2) is 0 Å². The first-order valence-corrected chi connectivity index (χ1v) is 10.3. The fourth-order valence-corrected chi connectivity index (χ4v) is 3.85.